The van der Waals surface area contributed by atoms with E-state index in [1.165, 1.54) is 30.8 Å². The Morgan fingerprint density at radius 2 is 1.84 bits per heavy atom. The minimum atomic E-state index is -0.515. The van der Waals surface area contributed by atoms with Gasteiger partial charge in [-0.25, -0.2) is 9.78 Å². The molecule has 2 amide bonds. The van der Waals surface area contributed by atoms with Gasteiger partial charge in [-0.15, -0.1) is 0 Å². The molecule has 162 valence electrons. The number of amides is 2. The minimum absolute atomic E-state index is 0.0548. The van der Waals surface area contributed by atoms with Gasteiger partial charge in [0.25, 0.3) is 11.5 Å². The summed E-state index contributed by atoms with van der Waals surface area (Å²) in [4.78, 5) is 53.2. The fourth-order valence-electron chi connectivity index (χ4n) is 3.06. The van der Waals surface area contributed by atoms with E-state index in [0.717, 1.165) is 16.6 Å². The number of nitrogens with zero attached hydrogens (tertiary/aromatic N) is 3. The molecule has 0 saturated heterocycles. The van der Waals surface area contributed by atoms with Crippen molar-refractivity contribution >= 4 is 28.5 Å². The molecule has 2 N–H and O–H groups in total. The summed E-state index contributed by atoms with van der Waals surface area (Å²) in [5.41, 5.74) is 0.726. The van der Waals surface area contributed by atoms with E-state index in [1.807, 2.05) is 19.9 Å². The van der Waals surface area contributed by atoms with E-state index in [4.69, 9.17) is 0 Å². The molecule has 0 saturated carbocycles. The normalized spacial score (nSPS) is 11.9. The van der Waals surface area contributed by atoms with Gasteiger partial charge in [-0.05, 0) is 36.2 Å². The molecule has 1 atom stereocenters. The highest BCUT2D eigenvalue weighted by Gasteiger charge is 2.14. The van der Waals surface area contributed by atoms with Crippen LogP contribution in [0.2, 0.25) is 0 Å². The van der Waals surface area contributed by atoms with Crippen molar-refractivity contribution in [2.24, 2.45) is 20.0 Å². The number of carbonyl (C=O) groups excluding carboxylic acids is 2. The maximum absolute atomic E-state index is 12.6. The van der Waals surface area contributed by atoms with Crippen LogP contribution in [0.1, 0.15) is 36.3 Å². The maximum atomic E-state index is 12.6. The van der Waals surface area contributed by atoms with E-state index >= 15 is 0 Å². The molecule has 0 aliphatic heterocycles. The summed E-state index contributed by atoms with van der Waals surface area (Å²) in [6, 6.07) is 10.2. The highest BCUT2D eigenvalue weighted by molar-refractivity contribution is 5.94. The number of aryl methyl sites for hydroxylation is 1. The zero-order valence-electron chi connectivity index (χ0n) is 17.9. The molecule has 0 aliphatic carbocycles. The molecule has 0 fully saturated rings. The molecule has 9 heteroatoms. The predicted octanol–water partition coefficient (Wildman–Crippen LogP) is 1.55. The van der Waals surface area contributed by atoms with Crippen LogP contribution in [0.25, 0.3) is 11.0 Å². The topological polar surface area (TPSA) is 115 Å². The number of aromatic nitrogens is 3. The average Bonchev–Trinajstić information content (AvgIpc) is 2.79. The van der Waals surface area contributed by atoms with Crippen LogP contribution in [0.4, 0.5) is 5.69 Å². The van der Waals surface area contributed by atoms with E-state index in [-0.39, 0.29) is 35.1 Å². The fraction of sp³-hybridized carbons (Fsp3) is 0.318. The second-order valence-corrected chi connectivity index (χ2v) is 7.46. The van der Waals surface area contributed by atoms with Crippen LogP contribution in [0.3, 0.4) is 0 Å². The van der Waals surface area contributed by atoms with Crippen LogP contribution in [-0.2, 0) is 25.4 Å². The van der Waals surface area contributed by atoms with Gasteiger partial charge in [-0.1, -0.05) is 26.0 Å². The molecule has 1 unspecified atom stereocenters. The Labute approximate surface area is 178 Å². The fourth-order valence-corrected chi connectivity index (χ4v) is 3.06. The van der Waals surface area contributed by atoms with E-state index in [0.29, 0.717) is 5.69 Å². The summed E-state index contributed by atoms with van der Waals surface area (Å²) < 4.78 is 2.23. The molecule has 2 heterocycles. The lowest BCUT2D eigenvalue weighted by molar-refractivity contribution is -0.119. The molecule has 0 radical (unpaired) electrons. The predicted molar refractivity (Wildman–Crippen MR) is 118 cm³/mol. The maximum Gasteiger partial charge on any atom is 0.332 e. The standard InChI is InChI=1S/C22H25N5O4/c1-5-13(2)19(28)24-15-8-6-7-14(11-15)12-23-20(29)17-10-9-16-18(25-17)26(3)22(31)27(4)21(16)30/h6-11,13H,5,12H2,1-4H3,(H,23,29)(H,24,28). The largest absolute Gasteiger partial charge is 0.347 e. The van der Waals surface area contributed by atoms with Crippen LogP contribution in [0, 0.1) is 5.92 Å². The van der Waals surface area contributed by atoms with Gasteiger partial charge in [0.15, 0.2) is 0 Å². The summed E-state index contributed by atoms with van der Waals surface area (Å²) in [5, 5.41) is 5.89. The summed E-state index contributed by atoms with van der Waals surface area (Å²) in [6.45, 7) is 4.04. The number of hydrogen-bond donors (Lipinski definition) is 2. The van der Waals surface area contributed by atoms with E-state index < -0.39 is 17.2 Å². The molecule has 3 aromatic rings. The zero-order chi connectivity index (χ0) is 22.7. The van der Waals surface area contributed by atoms with Crippen LogP contribution < -0.4 is 21.9 Å². The highest BCUT2D eigenvalue weighted by Crippen LogP contribution is 2.13. The van der Waals surface area contributed by atoms with Gasteiger partial charge in [-0.2, -0.15) is 0 Å². The third-order valence-corrected chi connectivity index (χ3v) is 5.24. The SMILES string of the molecule is CCC(C)C(=O)Nc1cccc(CNC(=O)c2ccc3c(=O)n(C)c(=O)n(C)c3n2)c1. The van der Waals surface area contributed by atoms with Crippen LogP contribution >= 0.6 is 0 Å². The molecule has 3 rings (SSSR count). The van der Waals surface area contributed by atoms with Gasteiger partial charge >= 0.3 is 5.69 Å². The molecule has 2 aromatic heterocycles. The van der Waals surface area contributed by atoms with Crippen molar-refractivity contribution in [1.29, 1.82) is 0 Å². The average molecular weight is 423 g/mol. The highest BCUT2D eigenvalue weighted by atomic mass is 16.2. The number of anilines is 1. The summed E-state index contributed by atoms with van der Waals surface area (Å²) in [5.74, 6) is -0.583. The van der Waals surface area contributed by atoms with E-state index in [1.54, 1.807) is 18.2 Å². The van der Waals surface area contributed by atoms with Gasteiger partial charge in [0.05, 0.1) is 5.39 Å². The second-order valence-electron chi connectivity index (χ2n) is 7.46. The summed E-state index contributed by atoms with van der Waals surface area (Å²) >= 11 is 0. The Hall–Kier alpha value is -3.75. The Morgan fingerprint density at radius 1 is 1.10 bits per heavy atom. The van der Waals surface area contributed by atoms with Gasteiger partial charge in [-0.3, -0.25) is 23.5 Å². The van der Waals surface area contributed by atoms with Crippen molar-refractivity contribution < 1.29 is 9.59 Å². The third-order valence-electron chi connectivity index (χ3n) is 5.24. The van der Waals surface area contributed by atoms with Crippen molar-refractivity contribution in [1.82, 2.24) is 19.4 Å². The first-order valence-corrected chi connectivity index (χ1v) is 9.97. The van der Waals surface area contributed by atoms with Crippen molar-refractivity contribution in [2.45, 2.75) is 26.8 Å². The molecular weight excluding hydrogens is 398 g/mol. The van der Waals surface area contributed by atoms with Crippen molar-refractivity contribution in [3.05, 3.63) is 68.5 Å². The minimum Gasteiger partial charge on any atom is -0.347 e. The molecule has 0 aliphatic rings. The van der Waals surface area contributed by atoms with Crippen LogP contribution in [0.5, 0.6) is 0 Å². The second kappa shape index (κ2) is 8.95. The number of carbonyl (C=O) groups is 2. The Bertz CT molecular complexity index is 1280. The smallest absolute Gasteiger partial charge is 0.332 e. The van der Waals surface area contributed by atoms with Crippen LogP contribution in [0.15, 0.2) is 46.0 Å². The first-order valence-electron chi connectivity index (χ1n) is 9.97. The van der Waals surface area contributed by atoms with Gasteiger partial charge in [0.2, 0.25) is 5.91 Å². The molecule has 0 spiro atoms. The van der Waals surface area contributed by atoms with Gasteiger partial charge in [0, 0.05) is 32.2 Å². The lowest BCUT2D eigenvalue weighted by Crippen LogP contribution is -2.37. The zero-order valence-corrected chi connectivity index (χ0v) is 17.9. The first kappa shape index (κ1) is 21.9. The number of nitrogens with one attached hydrogen (secondary N) is 2. The van der Waals surface area contributed by atoms with Crippen LogP contribution in [-0.4, -0.2) is 25.9 Å². The number of hydrogen-bond acceptors (Lipinski definition) is 5. The molecule has 31 heavy (non-hydrogen) atoms. The monoisotopic (exact) mass is 423 g/mol. The van der Waals surface area contributed by atoms with E-state index in [9.17, 15) is 19.2 Å². The number of pyridine rings is 1. The molecule has 1 aromatic carbocycles. The third kappa shape index (κ3) is 4.55. The number of fused-ring (bicyclic) bond motifs is 1. The molecular formula is C22H25N5O4. The Kier molecular flexibility index (Phi) is 6.33. The number of benzene rings is 1. The Balaban J connectivity index is 1.76. The Morgan fingerprint density at radius 3 is 2.55 bits per heavy atom. The lowest BCUT2D eigenvalue weighted by Gasteiger charge is -2.12. The number of rotatable bonds is 6. The van der Waals surface area contributed by atoms with E-state index in [2.05, 4.69) is 15.6 Å². The van der Waals surface area contributed by atoms with Crippen molar-refractivity contribution in [2.75, 3.05) is 5.32 Å². The summed E-state index contributed by atoms with van der Waals surface area (Å²) in [7, 11) is 2.89. The quantitative estimate of drug-likeness (QED) is 0.624. The molecule has 9 nitrogen and oxygen atoms in total. The van der Waals surface area contributed by atoms with Crippen molar-refractivity contribution in [3.8, 4) is 0 Å². The van der Waals surface area contributed by atoms with Crippen molar-refractivity contribution in [3.63, 3.8) is 0 Å². The lowest BCUT2D eigenvalue weighted by atomic mass is 10.1. The van der Waals surface area contributed by atoms with Gasteiger partial charge in [0.1, 0.15) is 11.3 Å². The van der Waals surface area contributed by atoms with Gasteiger partial charge < -0.3 is 10.6 Å². The first-order chi connectivity index (χ1) is 14.7. The summed E-state index contributed by atoms with van der Waals surface area (Å²) in [6.07, 6.45) is 0.748. The molecule has 0 bridgehead atoms.